The number of nitrogen functional groups attached to an aromatic ring is 1. The van der Waals surface area contributed by atoms with Crippen LogP contribution in [0.25, 0.3) is 21.6 Å². The highest BCUT2D eigenvalue weighted by Gasteiger charge is 2.10. The van der Waals surface area contributed by atoms with E-state index in [1.54, 1.807) is 11.3 Å². The molecule has 1 aromatic carbocycles. The Balaban J connectivity index is 2.12. The van der Waals surface area contributed by atoms with Gasteiger partial charge < -0.3 is 9.99 Å². The second kappa shape index (κ2) is 4.08. The lowest BCUT2D eigenvalue weighted by atomic mass is 10.2. The van der Waals surface area contributed by atoms with E-state index in [0.29, 0.717) is 0 Å². The topological polar surface area (TPSA) is 68.8 Å². The lowest BCUT2D eigenvalue weighted by molar-refractivity contribution is 0.948. The Kier molecular flexibility index (Phi) is 2.53. The fourth-order valence-electron chi connectivity index (χ4n) is 1.92. The van der Waals surface area contributed by atoms with Gasteiger partial charge in [0.1, 0.15) is 10.0 Å². The molecule has 0 radical (unpaired) electrons. The predicted octanol–water partition coefficient (Wildman–Crippen LogP) is 2.29. The third-order valence-electron chi connectivity index (χ3n) is 2.90. The van der Waals surface area contributed by atoms with Gasteiger partial charge in [-0.3, -0.25) is 0 Å². The quantitative estimate of drug-likeness (QED) is 0.547. The number of nitrogens with two attached hydrogens (primary N) is 1. The van der Waals surface area contributed by atoms with Crippen LogP contribution < -0.4 is 11.3 Å². The minimum atomic E-state index is 0.895. The van der Waals surface area contributed by atoms with Crippen molar-refractivity contribution in [3.05, 3.63) is 30.2 Å². The van der Waals surface area contributed by atoms with Crippen LogP contribution in [0, 0.1) is 6.92 Å². The summed E-state index contributed by atoms with van der Waals surface area (Å²) in [5.74, 6) is 5.44. The number of thiazole rings is 1. The number of nitrogens with zero attached hydrogens (tertiary/aromatic N) is 3. The van der Waals surface area contributed by atoms with Crippen LogP contribution in [0.4, 0.5) is 5.00 Å². The third kappa shape index (κ3) is 1.66. The number of nitrogens with one attached hydrogen (secondary N) is 1. The largest absolute Gasteiger partial charge is 0.334 e. The zero-order chi connectivity index (χ0) is 12.7. The standard InChI is InChI=1S/C12H13N5S/c1-7-11(16-13)18-12(15-7)8-3-4-10-9(5-8)14-6-17(10)2/h3-6,16H,13H2,1-2H3. The molecule has 2 heterocycles. The average molecular weight is 259 g/mol. The lowest BCUT2D eigenvalue weighted by Gasteiger charge is -1.97. The second-order valence-corrected chi connectivity index (χ2v) is 5.14. The molecule has 0 spiro atoms. The van der Waals surface area contributed by atoms with Crippen molar-refractivity contribution in [2.45, 2.75) is 6.92 Å². The van der Waals surface area contributed by atoms with Crippen molar-refractivity contribution in [2.24, 2.45) is 12.9 Å². The SMILES string of the molecule is Cc1nc(-c2ccc3c(c2)ncn3C)sc1NN. The molecule has 0 atom stereocenters. The average Bonchev–Trinajstić information content (AvgIpc) is 2.93. The Morgan fingerprint density at radius 1 is 1.39 bits per heavy atom. The summed E-state index contributed by atoms with van der Waals surface area (Å²) in [4.78, 5) is 8.86. The van der Waals surface area contributed by atoms with E-state index in [1.807, 2.05) is 30.9 Å². The molecule has 0 amide bonds. The van der Waals surface area contributed by atoms with Gasteiger partial charge in [-0.1, -0.05) is 11.3 Å². The molecule has 5 nitrogen and oxygen atoms in total. The second-order valence-electron chi connectivity index (χ2n) is 4.14. The molecule has 0 fully saturated rings. The molecule has 0 bridgehead atoms. The number of imidazole rings is 1. The van der Waals surface area contributed by atoms with Gasteiger partial charge in [-0.2, -0.15) is 0 Å². The highest BCUT2D eigenvalue weighted by atomic mass is 32.1. The number of benzene rings is 1. The van der Waals surface area contributed by atoms with Crippen LogP contribution in [0.1, 0.15) is 5.69 Å². The molecule has 0 saturated carbocycles. The van der Waals surface area contributed by atoms with Crippen molar-refractivity contribution >= 4 is 27.4 Å². The van der Waals surface area contributed by atoms with Crippen LogP contribution in [-0.2, 0) is 7.05 Å². The summed E-state index contributed by atoms with van der Waals surface area (Å²) in [5, 5.41) is 1.85. The molecule has 2 aromatic heterocycles. The first-order valence-corrected chi connectivity index (χ1v) is 6.36. The lowest BCUT2D eigenvalue weighted by Crippen LogP contribution is -2.05. The fourth-order valence-corrected chi connectivity index (χ4v) is 2.80. The summed E-state index contributed by atoms with van der Waals surface area (Å²) in [6.07, 6.45) is 1.81. The number of hydrazine groups is 1. The third-order valence-corrected chi connectivity index (χ3v) is 4.04. The van der Waals surface area contributed by atoms with E-state index in [1.165, 1.54) is 0 Å². The number of hydrogen-bond acceptors (Lipinski definition) is 5. The maximum absolute atomic E-state index is 5.44. The molecule has 0 aliphatic heterocycles. The highest BCUT2D eigenvalue weighted by molar-refractivity contribution is 7.19. The van der Waals surface area contributed by atoms with Crippen LogP contribution >= 0.6 is 11.3 Å². The van der Waals surface area contributed by atoms with E-state index in [9.17, 15) is 0 Å². The molecule has 92 valence electrons. The minimum Gasteiger partial charge on any atom is -0.334 e. The van der Waals surface area contributed by atoms with E-state index < -0.39 is 0 Å². The van der Waals surface area contributed by atoms with E-state index in [4.69, 9.17) is 5.84 Å². The monoisotopic (exact) mass is 259 g/mol. The van der Waals surface area contributed by atoms with Gasteiger partial charge in [0.2, 0.25) is 0 Å². The Morgan fingerprint density at radius 2 is 2.22 bits per heavy atom. The number of hydrogen-bond donors (Lipinski definition) is 2. The summed E-state index contributed by atoms with van der Waals surface area (Å²) in [6, 6.07) is 6.17. The van der Waals surface area contributed by atoms with Gasteiger partial charge in [-0.15, -0.1) is 0 Å². The first-order chi connectivity index (χ1) is 8.69. The summed E-state index contributed by atoms with van der Waals surface area (Å²) < 4.78 is 2.00. The molecular formula is C12H13N5S. The maximum Gasteiger partial charge on any atom is 0.126 e. The molecule has 3 N–H and O–H groups in total. The zero-order valence-electron chi connectivity index (χ0n) is 10.1. The zero-order valence-corrected chi connectivity index (χ0v) is 11.0. The van der Waals surface area contributed by atoms with E-state index in [0.717, 1.165) is 32.3 Å². The first-order valence-electron chi connectivity index (χ1n) is 5.54. The predicted molar refractivity (Wildman–Crippen MR) is 74.4 cm³/mol. The Bertz CT molecular complexity index is 712. The molecule has 0 aliphatic rings. The molecule has 3 aromatic rings. The Morgan fingerprint density at radius 3 is 2.94 bits per heavy atom. The van der Waals surface area contributed by atoms with Crippen molar-refractivity contribution in [1.82, 2.24) is 14.5 Å². The molecule has 6 heteroatoms. The van der Waals surface area contributed by atoms with Crippen molar-refractivity contribution in [1.29, 1.82) is 0 Å². The number of fused-ring (bicyclic) bond motifs is 1. The van der Waals surface area contributed by atoms with Gasteiger partial charge >= 0.3 is 0 Å². The normalized spacial score (nSPS) is 11.1. The summed E-state index contributed by atoms with van der Waals surface area (Å²) in [7, 11) is 1.99. The van der Waals surface area contributed by atoms with Crippen LogP contribution in [0.5, 0.6) is 0 Å². The highest BCUT2D eigenvalue weighted by Crippen LogP contribution is 2.32. The number of aromatic nitrogens is 3. The van der Waals surface area contributed by atoms with Gasteiger partial charge in [-0.25, -0.2) is 15.8 Å². The van der Waals surface area contributed by atoms with Crippen molar-refractivity contribution in [3.8, 4) is 10.6 Å². The smallest absolute Gasteiger partial charge is 0.126 e. The van der Waals surface area contributed by atoms with E-state index in [2.05, 4.69) is 27.5 Å². The van der Waals surface area contributed by atoms with Crippen LogP contribution in [0.15, 0.2) is 24.5 Å². The molecule has 3 rings (SSSR count). The number of anilines is 1. The van der Waals surface area contributed by atoms with E-state index >= 15 is 0 Å². The van der Waals surface area contributed by atoms with E-state index in [-0.39, 0.29) is 0 Å². The summed E-state index contributed by atoms with van der Waals surface area (Å²) in [6.45, 7) is 1.94. The molecule has 0 unspecified atom stereocenters. The van der Waals surface area contributed by atoms with Crippen LogP contribution in [-0.4, -0.2) is 14.5 Å². The maximum atomic E-state index is 5.44. The molecule has 0 saturated heterocycles. The van der Waals surface area contributed by atoms with Gasteiger partial charge in [0.05, 0.1) is 23.1 Å². The van der Waals surface area contributed by atoms with Gasteiger partial charge in [0, 0.05) is 12.6 Å². The van der Waals surface area contributed by atoms with Gasteiger partial charge in [-0.05, 0) is 25.1 Å². The fraction of sp³-hybridized carbons (Fsp3) is 0.167. The molecule has 18 heavy (non-hydrogen) atoms. The van der Waals surface area contributed by atoms with Crippen molar-refractivity contribution in [2.75, 3.05) is 5.43 Å². The van der Waals surface area contributed by atoms with Crippen LogP contribution in [0.2, 0.25) is 0 Å². The van der Waals surface area contributed by atoms with Gasteiger partial charge in [0.25, 0.3) is 0 Å². The first kappa shape index (κ1) is 11.2. The Hall–Kier alpha value is -1.92. The molecule has 0 aliphatic carbocycles. The van der Waals surface area contributed by atoms with Gasteiger partial charge in [0.15, 0.2) is 0 Å². The molecular weight excluding hydrogens is 246 g/mol. The summed E-state index contributed by atoms with van der Waals surface area (Å²) in [5.41, 5.74) is 6.74. The Labute approximate surface area is 108 Å². The summed E-state index contributed by atoms with van der Waals surface area (Å²) >= 11 is 1.55. The minimum absolute atomic E-state index is 0.895. The van der Waals surface area contributed by atoms with Crippen molar-refractivity contribution < 1.29 is 0 Å². The van der Waals surface area contributed by atoms with Crippen LogP contribution in [0.3, 0.4) is 0 Å². The van der Waals surface area contributed by atoms with Crippen molar-refractivity contribution in [3.63, 3.8) is 0 Å². The number of aryl methyl sites for hydroxylation is 2. The number of rotatable bonds is 2.